The first kappa shape index (κ1) is 15.0. The third-order valence-electron chi connectivity index (χ3n) is 2.58. The van der Waals surface area contributed by atoms with Gasteiger partial charge in [-0.1, -0.05) is 0 Å². The minimum absolute atomic E-state index is 0.261. The molecule has 0 radical (unpaired) electrons. The highest BCUT2D eigenvalue weighted by atomic mass is 32.1. The van der Waals surface area contributed by atoms with E-state index in [9.17, 15) is 9.18 Å². The summed E-state index contributed by atoms with van der Waals surface area (Å²) in [5.74, 6) is 0.710. The van der Waals surface area contributed by atoms with Crippen LogP contribution in [0.25, 0.3) is 0 Å². The van der Waals surface area contributed by atoms with E-state index in [1.165, 1.54) is 25.5 Å². The highest BCUT2D eigenvalue weighted by molar-refractivity contribution is 7.12. The van der Waals surface area contributed by atoms with Gasteiger partial charge >= 0.3 is 0 Å². The zero-order chi connectivity index (χ0) is 15.2. The molecule has 0 aliphatic heterocycles. The minimum Gasteiger partial charge on any atom is -0.493 e. The van der Waals surface area contributed by atoms with Gasteiger partial charge in [-0.25, -0.2) is 5.43 Å². The fourth-order valence-corrected chi connectivity index (χ4v) is 2.21. The van der Waals surface area contributed by atoms with Crippen molar-refractivity contribution in [2.75, 3.05) is 14.2 Å². The summed E-state index contributed by atoms with van der Waals surface area (Å²) in [6.07, 6.45) is 1.46. The molecule has 5 nitrogen and oxygen atoms in total. The van der Waals surface area contributed by atoms with Crippen LogP contribution in [0.2, 0.25) is 0 Å². The number of rotatable bonds is 5. The number of nitrogens with zero attached hydrogens (tertiary/aromatic N) is 1. The Morgan fingerprint density at radius 1 is 1.24 bits per heavy atom. The average Bonchev–Trinajstić information content (AvgIpc) is 2.93. The summed E-state index contributed by atoms with van der Waals surface area (Å²) in [5.41, 5.74) is 3.06. The van der Waals surface area contributed by atoms with Crippen LogP contribution >= 0.6 is 11.3 Å². The lowest BCUT2D eigenvalue weighted by molar-refractivity contribution is 0.0959. The summed E-state index contributed by atoms with van der Waals surface area (Å²) >= 11 is 0.764. The Bertz CT molecular complexity index is 670. The number of amides is 1. The monoisotopic (exact) mass is 308 g/mol. The number of hydrazone groups is 1. The molecular weight excluding hydrogens is 295 g/mol. The van der Waals surface area contributed by atoms with Gasteiger partial charge in [0.25, 0.3) is 5.91 Å². The number of hydrogen-bond donors (Lipinski definition) is 1. The molecule has 21 heavy (non-hydrogen) atoms. The van der Waals surface area contributed by atoms with Crippen LogP contribution in [0, 0.1) is 5.13 Å². The molecule has 1 aromatic carbocycles. The maximum absolute atomic E-state index is 12.8. The second kappa shape index (κ2) is 6.85. The fourth-order valence-electron chi connectivity index (χ4n) is 1.59. The molecule has 0 saturated heterocycles. The Balaban J connectivity index is 2.03. The summed E-state index contributed by atoms with van der Waals surface area (Å²) in [7, 11) is 3.08. The van der Waals surface area contributed by atoms with Gasteiger partial charge in [0.05, 0.1) is 25.3 Å². The van der Waals surface area contributed by atoms with Crippen LogP contribution in [0.5, 0.6) is 11.5 Å². The maximum Gasteiger partial charge on any atom is 0.281 e. The number of carbonyl (C=O) groups is 1. The number of hydrogen-bond acceptors (Lipinski definition) is 5. The Hall–Kier alpha value is -2.41. The lowest BCUT2D eigenvalue weighted by Crippen LogP contribution is -2.16. The SMILES string of the molecule is COc1ccc(/C=N/NC(=O)c2ccc(F)s2)cc1OC. The minimum atomic E-state index is -0.458. The van der Waals surface area contributed by atoms with Gasteiger partial charge in [0, 0.05) is 0 Å². The molecule has 1 heterocycles. The Morgan fingerprint density at radius 2 is 2.00 bits per heavy atom. The molecule has 0 aliphatic rings. The summed E-state index contributed by atoms with van der Waals surface area (Å²) in [4.78, 5) is 11.9. The van der Waals surface area contributed by atoms with Crippen molar-refractivity contribution in [2.24, 2.45) is 5.10 Å². The molecule has 1 N–H and O–H groups in total. The van der Waals surface area contributed by atoms with Crippen LogP contribution in [0.4, 0.5) is 4.39 Å². The molecule has 0 spiro atoms. The second-order valence-electron chi connectivity index (χ2n) is 3.92. The first-order valence-electron chi connectivity index (χ1n) is 5.95. The maximum atomic E-state index is 12.8. The lowest BCUT2D eigenvalue weighted by Gasteiger charge is -2.07. The van der Waals surface area contributed by atoms with Crippen LogP contribution < -0.4 is 14.9 Å². The van der Waals surface area contributed by atoms with Crippen molar-refractivity contribution in [1.29, 1.82) is 0 Å². The Kier molecular flexibility index (Phi) is 4.89. The summed E-state index contributed by atoms with van der Waals surface area (Å²) < 4.78 is 23.1. The molecule has 110 valence electrons. The van der Waals surface area contributed by atoms with Crippen LogP contribution in [-0.2, 0) is 0 Å². The van der Waals surface area contributed by atoms with E-state index in [0.717, 1.165) is 16.9 Å². The number of thiophene rings is 1. The molecule has 0 bridgehead atoms. The highest BCUT2D eigenvalue weighted by Gasteiger charge is 2.08. The topological polar surface area (TPSA) is 59.9 Å². The first-order valence-corrected chi connectivity index (χ1v) is 6.76. The van der Waals surface area contributed by atoms with Crippen LogP contribution in [0.15, 0.2) is 35.4 Å². The van der Waals surface area contributed by atoms with Crippen molar-refractivity contribution in [2.45, 2.75) is 0 Å². The van der Waals surface area contributed by atoms with Crippen molar-refractivity contribution < 1.29 is 18.7 Å². The summed E-state index contributed by atoms with van der Waals surface area (Å²) in [6.45, 7) is 0. The van der Waals surface area contributed by atoms with Crippen LogP contribution in [-0.4, -0.2) is 26.3 Å². The predicted octanol–water partition coefficient (Wildman–Crippen LogP) is 2.67. The number of methoxy groups -OCH3 is 2. The van der Waals surface area contributed by atoms with E-state index in [0.29, 0.717) is 11.5 Å². The standard InChI is InChI=1S/C14H13FN2O3S/c1-19-10-4-3-9(7-11(10)20-2)8-16-17-14(18)12-5-6-13(15)21-12/h3-8H,1-2H3,(H,17,18)/b16-8+. The first-order chi connectivity index (χ1) is 10.1. The molecule has 2 rings (SSSR count). The summed E-state index contributed by atoms with van der Waals surface area (Å²) in [5, 5.41) is 3.41. The largest absolute Gasteiger partial charge is 0.493 e. The van der Waals surface area contributed by atoms with E-state index < -0.39 is 11.0 Å². The van der Waals surface area contributed by atoms with Gasteiger partial charge in [-0.05, 0) is 35.9 Å². The quantitative estimate of drug-likeness (QED) is 0.682. The number of nitrogens with one attached hydrogen (secondary N) is 1. The molecule has 0 fully saturated rings. The van der Waals surface area contributed by atoms with E-state index >= 15 is 0 Å². The van der Waals surface area contributed by atoms with E-state index in [2.05, 4.69) is 10.5 Å². The van der Waals surface area contributed by atoms with Gasteiger partial charge in [-0.15, -0.1) is 11.3 Å². The van der Waals surface area contributed by atoms with Crippen molar-refractivity contribution in [3.8, 4) is 11.5 Å². The second-order valence-corrected chi connectivity index (χ2v) is 4.95. The molecule has 0 atom stereocenters. The van der Waals surface area contributed by atoms with Gasteiger partial charge < -0.3 is 9.47 Å². The van der Waals surface area contributed by atoms with E-state index in [1.807, 2.05) is 0 Å². The third-order valence-corrected chi connectivity index (χ3v) is 3.46. The molecule has 0 saturated carbocycles. The van der Waals surface area contributed by atoms with Gasteiger partial charge in [-0.2, -0.15) is 9.49 Å². The molecule has 1 aromatic heterocycles. The number of halogens is 1. The molecular formula is C14H13FN2O3S. The normalized spacial score (nSPS) is 10.6. The van der Waals surface area contributed by atoms with Crippen LogP contribution in [0.3, 0.4) is 0 Å². The third kappa shape index (κ3) is 3.79. The Morgan fingerprint density at radius 3 is 2.62 bits per heavy atom. The summed E-state index contributed by atoms with van der Waals surface area (Å²) in [6, 6.07) is 7.86. The molecule has 0 aliphatic carbocycles. The number of carbonyl (C=O) groups excluding carboxylic acids is 1. The molecule has 1 amide bonds. The Labute approximate surface area is 125 Å². The number of ether oxygens (including phenoxy) is 2. The molecule has 0 unspecified atom stereocenters. The predicted molar refractivity (Wildman–Crippen MR) is 78.9 cm³/mol. The van der Waals surface area contributed by atoms with Crippen molar-refractivity contribution in [1.82, 2.24) is 5.43 Å². The average molecular weight is 308 g/mol. The van der Waals surface area contributed by atoms with Gasteiger partial charge in [0.2, 0.25) is 0 Å². The van der Waals surface area contributed by atoms with Gasteiger partial charge in [0.1, 0.15) is 0 Å². The smallest absolute Gasteiger partial charge is 0.281 e. The lowest BCUT2D eigenvalue weighted by atomic mass is 10.2. The molecule has 2 aromatic rings. The van der Waals surface area contributed by atoms with E-state index in [-0.39, 0.29) is 4.88 Å². The van der Waals surface area contributed by atoms with E-state index in [1.54, 1.807) is 25.3 Å². The van der Waals surface area contributed by atoms with E-state index in [4.69, 9.17) is 9.47 Å². The van der Waals surface area contributed by atoms with Crippen LogP contribution in [0.1, 0.15) is 15.2 Å². The molecule has 7 heteroatoms. The van der Waals surface area contributed by atoms with Crippen molar-refractivity contribution in [3.63, 3.8) is 0 Å². The van der Waals surface area contributed by atoms with Crippen molar-refractivity contribution in [3.05, 3.63) is 45.9 Å². The zero-order valence-electron chi connectivity index (χ0n) is 11.4. The van der Waals surface area contributed by atoms with Crippen molar-refractivity contribution >= 4 is 23.5 Å². The number of benzene rings is 1. The van der Waals surface area contributed by atoms with Gasteiger partial charge in [-0.3, -0.25) is 4.79 Å². The fraction of sp³-hybridized carbons (Fsp3) is 0.143. The zero-order valence-corrected chi connectivity index (χ0v) is 12.2. The van der Waals surface area contributed by atoms with Gasteiger partial charge in [0.15, 0.2) is 16.6 Å². The highest BCUT2D eigenvalue weighted by Crippen LogP contribution is 2.26.